The molecule has 0 heterocycles. The molecule has 0 amide bonds. The van der Waals surface area contributed by atoms with Gasteiger partial charge in [-0.15, -0.1) is 0 Å². The second-order valence-corrected chi connectivity index (χ2v) is 8.27. The molecule has 1 fully saturated rings. The Hall–Kier alpha value is -2.06. The SMILES string of the molecule is COc1cc(/C=C/C(=O)O)cc(S(=O)(=O)NC2CCCCCCC2)c1OC. The van der Waals surface area contributed by atoms with Gasteiger partial charge in [0.2, 0.25) is 10.0 Å². The summed E-state index contributed by atoms with van der Waals surface area (Å²) in [5.74, 6) is -0.798. The molecule has 27 heavy (non-hydrogen) atoms. The first-order valence-corrected chi connectivity index (χ1v) is 10.5. The van der Waals surface area contributed by atoms with E-state index in [0.29, 0.717) is 5.56 Å². The summed E-state index contributed by atoms with van der Waals surface area (Å²) in [5, 5.41) is 8.82. The highest BCUT2D eigenvalue weighted by Gasteiger charge is 2.26. The van der Waals surface area contributed by atoms with Gasteiger partial charge < -0.3 is 14.6 Å². The molecule has 1 aromatic carbocycles. The Morgan fingerprint density at radius 1 is 1.11 bits per heavy atom. The maximum Gasteiger partial charge on any atom is 0.328 e. The molecule has 0 aromatic heterocycles. The van der Waals surface area contributed by atoms with Crippen molar-refractivity contribution in [1.82, 2.24) is 4.72 Å². The number of sulfonamides is 1. The van der Waals surface area contributed by atoms with Crippen molar-refractivity contribution in [1.29, 1.82) is 0 Å². The minimum Gasteiger partial charge on any atom is -0.493 e. The van der Waals surface area contributed by atoms with E-state index in [9.17, 15) is 13.2 Å². The monoisotopic (exact) mass is 397 g/mol. The van der Waals surface area contributed by atoms with Crippen molar-refractivity contribution in [2.75, 3.05) is 14.2 Å². The van der Waals surface area contributed by atoms with E-state index < -0.39 is 16.0 Å². The lowest BCUT2D eigenvalue weighted by Gasteiger charge is -2.22. The van der Waals surface area contributed by atoms with Crippen LogP contribution >= 0.6 is 0 Å². The number of carboxylic acid groups (broad SMARTS) is 1. The molecule has 1 aliphatic rings. The van der Waals surface area contributed by atoms with E-state index in [1.165, 1.54) is 38.8 Å². The van der Waals surface area contributed by atoms with E-state index >= 15 is 0 Å². The van der Waals surface area contributed by atoms with Crippen molar-refractivity contribution in [3.63, 3.8) is 0 Å². The van der Waals surface area contributed by atoms with Crippen LogP contribution in [0.1, 0.15) is 50.5 Å². The molecule has 8 heteroatoms. The first-order chi connectivity index (χ1) is 12.9. The number of hydrogen-bond donors (Lipinski definition) is 2. The Labute approximate surface area is 160 Å². The summed E-state index contributed by atoms with van der Waals surface area (Å²) >= 11 is 0. The van der Waals surface area contributed by atoms with Gasteiger partial charge in [-0.3, -0.25) is 0 Å². The second-order valence-electron chi connectivity index (χ2n) is 6.59. The molecule has 0 bridgehead atoms. The number of nitrogens with one attached hydrogen (secondary N) is 1. The topological polar surface area (TPSA) is 102 Å². The Kier molecular flexibility index (Phi) is 7.67. The predicted octanol–water partition coefficient (Wildman–Crippen LogP) is 3.19. The van der Waals surface area contributed by atoms with Crippen molar-refractivity contribution in [3.05, 3.63) is 23.8 Å². The van der Waals surface area contributed by atoms with Crippen LogP contribution in [0, 0.1) is 0 Å². The van der Waals surface area contributed by atoms with E-state index in [2.05, 4.69) is 4.72 Å². The third-order valence-electron chi connectivity index (χ3n) is 4.60. The summed E-state index contributed by atoms with van der Waals surface area (Å²) in [7, 11) is -1.08. The predicted molar refractivity (Wildman–Crippen MR) is 103 cm³/mol. The highest BCUT2D eigenvalue weighted by molar-refractivity contribution is 7.89. The van der Waals surface area contributed by atoms with Crippen LogP contribution in [0.15, 0.2) is 23.1 Å². The van der Waals surface area contributed by atoms with Gasteiger partial charge in [-0.2, -0.15) is 0 Å². The average molecular weight is 397 g/mol. The summed E-state index contributed by atoms with van der Waals surface area (Å²) in [6, 6.07) is 2.81. The van der Waals surface area contributed by atoms with Crippen LogP contribution in [0.5, 0.6) is 11.5 Å². The lowest BCUT2D eigenvalue weighted by Crippen LogP contribution is -2.35. The van der Waals surface area contributed by atoms with Gasteiger partial charge >= 0.3 is 5.97 Å². The van der Waals surface area contributed by atoms with Crippen LogP contribution in [-0.2, 0) is 14.8 Å². The Bertz CT molecular complexity index is 780. The van der Waals surface area contributed by atoms with Crippen LogP contribution in [0.4, 0.5) is 0 Å². The van der Waals surface area contributed by atoms with Crippen molar-refractivity contribution < 1.29 is 27.8 Å². The summed E-state index contributed by atoms with van der Waals surface area (Å²) < 4.78 is 39.4. The minimum absolute atomic E-state index is 0.0588. The van der Waals surface area contributed by atoms with Crippen molar-refractivity contribution >= 4 is 22.1 Å². The van der Waals surface area contributed by atoms with E-state index in [-0.39, 0.29) is 22.4 Å². The number of methoxy groups -OCH3 is 2. The summed E-state index contributed by atoms with van der Waals surface area (Å²) in [6.07, 6.45) is 9.29. The van der Waals surface area contributed by atoms with Crippen molar-refractivity contribution in [3.8, 4) is 11.5 Å². The molecule has 0 aliphatic heterocycles. The normalized spacial score (nSPS) is 16.7. The van der Waals surface area contributed by atoms with Crippen LogP contribution in [0.3, 0.4) is 0 Å². The number of rotatable bonds is 7. The smallest absolute Gasteiger partial charge is 0.328 e. The summed E-state index contributed by atoms with van der Waals surface area (Å²) in [5.41, 5.74) is 0.396. The van der Waals surface area contributed by atoms with E-state index in [0.717, 1.165) is 44.6 Å². The van der Waals surface area contributed by atoms with Crippen LogP contribution in [0.2, 0.25) is 0 Å². The van der Waals surface area contributed by atoms with Crippen molar-refractivity contribution in [2.45, 2.75) is 55.9 Å². The molecule has 7 nitrogen and oxygen atoms in total. The van der Waals surface area contributed by atoms with E-state index in [4.69, 9.17) is 14.6 Å². The van der Waals surface area contributed by atoms with Gasteiger partial charge in [0.15, 0.2) is 11.5 Å². The molecule has 1 aromatic rings. The number of carboxylic acids is 1. The standard InChI is InChI=1S/C19H27NO6S/c1-25-16-12-14(10-11-18(21)22)13-17(19(16)26-2)27(23,24)20-15-8-6-4-3-5-7-9-15/h10-13,15,20H,3-9H2,1-2H3,(H,21,22)/b11-10+. The highest BCUT2D eigenvalue weighted by Crippen LogP contribution is 2.36. The number of ether oxygens (including phenoxy) is 2. The zero-order chi connectivity index (χ0) is 19.9. The molecule has 1 saturated carbocycles. The molecule has 2 rings (SSSR count). The van der Waals surface area contributed by atoms with E-state index in [1.54, 1.807) is 0 Å². The highest BCUT2D eigenvalue weighted by atomic mass is 32.2. The second kappa shape index (κ2) is 9.75. The molecule has 2 N–H and O–H groups in total. The molecule has 0 radical (unpaired) electrons. The van der Waals surface area contributed by atoms with Gasteiger partial charge in [0.05, 0.1) is 14.2 Å². The minimum atomic E-state index is -3.86. The number of hydrogen-bond acceptors (Lipinski definition) is 5. The summed E-state index contributed by atoms with van der Waals surface area (Å²) in [6.45, 7) is 0. The Morgan fingerprint density at radius 2 is 1.74 bits per heavy atom. The van der Waals surface area contributed by atoms with Gasteiger partial charge in [0, 0.05) is 12.1 Å². The van der Waals surface area contributed by atoms with E-state index in [1.807, 2.05) is 0 Å². The fourth-order valence-electron chi connectivity index (χ4n) is 3.27. The molecular weight excluding hydrogens is 370 g/mol. The molecular formula is C19H27NO6S. The van der Waals surface area contributed by atoms with Crippen LogP contribution in [-0.4, -0.2) is 39.8 Å². The lowest BCUT2D eigenvalue weighted by atomic mass is 9.97. The number of benzene rings is 1. The summed E-state index contributed by atoms with van der Waals surface area (Å²) in [4.78, 5) is 10.7. The fraction of sp³-hybridized carbons (Fsp3) is 0.526. The van der Waals surface area contributed by atoms with Crippen LogP contribution in [0.25, 0.3) is 6.08 Å². The Balaban J connectivity index is 2.39. The van der Waals surface area contributed by atoms with Gasteiger partial charge in [-0.05, 0) is 36.6 Å². The zero-order valence-electron chi connectivity index (χ0n) is 15.7. The molecule has 150 valence electrons. The van der Waals surface area contributed by atoms with Gasteiger partial charge in [-0.25, -0.2) is 17.9 Å². The lowest BCUT2D eigenvalue weighted by molar-refractivity contribution is -0.131. The molecule has 0 atom stereocenters. The maximum atomic E-state index is 13.0. The van der Waals surface area contributed by atoms with Gasteiger partial charge in [-0.1, -0.05) is 32.1 Å². The zero-order valence-corrected chi connectivity index (χ0v) is 16.5. The maximum absolute atomic E-state index is 13.0. The molecule has 1 aliphatic carbocycles. The third-order valence-corrected chi connectivity index (χ3v) is 6.13. The Morgan fingerprint density at radius 3 is 2.30 bits per heavy atom. The first kappa shape index (κ1) is 21.2. The van der Waals surface area contributed by atoms with Gasteiger partial charge in [0.25, 0.3) is 0 Å². The molecule has 0 unspecified atom stereocenters. The first-order valence-electron chi connectivity index (χ1n) is 9.06. The molecule has 0 saturated heterocycles. The van der Waals surface area contributed by atoms with Crippen molar-refractivity contribution in [2.24, 2.45) is 0 Å². The quantitative estimate of drug-likeness (QED) is 0.685. The average Bonchev–Trinajstić information content (AvgIpc) is 2.61. The largest absolute Gasteiger partial charge is 0.493 e. The number of carbonyl (C=O) groups is 1. The van der Waals surface area contributed by atoms with Gasteiger partial charge in [0.1, 0.15) is 4.90 Å². The molecule has 0 spiro atoms. The third kappa shape index (κ3) is 5.97. The number of aliphatic carboxylic acids is 1. The fourth-order valence-corrected chi connectivity index (χ4v) is 4.79. The van der Waals surface area contributed by atoms with Crippen LogP contribution < -0.4 is 14.2 Å².